The number of nitrogens with zero attached hydrogens (tertiary/aromatic N) is 3. The van der Waals surface area contributed by atoms with Gasteiger partial charge in [-0.25, -0.2) is 15.0 Å². The number of aromatic nitrogens is 3. The predicted octanol–water partition coefficient (Wildman–Crippen LogP) is 14.6. The number of benzene rings is 8. The van der Waals surface area contributed by atoms with E-state index in [0.29, 0.717) is 17.5 Å². The van der Waals surface area contributed by atoms with Crippen LogP contribution >= 0.6 is 22.7 Å². The molecular weight excluding hydrogens is 719 g/mol. The van der Waals surface area contributed by atoms with Gasteiger partial charge in [0.2, 0.25) is 0 Å². The Morgan fingerprint density at radius 2 is 0.661 bits per heavy atom. The molecule has 3 heterocycles. The summed E-state index contributed by atoms with van der Waals surface area (Å²) in [6.45, 7) is 0. The number of hydrogen-bond acceptors (Lipinski definition) is 5. The summed E-state index contributed by atoms with van der Waals surface area (Å²) in [4.78, 5) is 15.6. The normalized spacial score (nSPS) is 11.6. The second-order valence-electron chi connectivity index (χ2n) is 14.0. The summed E-state index contributed by atoms with van der Waals surface area (Å²) < 4.78 is 5.12. The predicted molar refractivity (Wildman–Crippen MR) is 238 cm³/mol. The van der Waals surface area contributed by atoms with Gasteiger partial charge in [-0.2, -0.15) is 0 Å². The van der Waals surface area contributed by atoms with Crippen molar-refractivity contribution in [2.75, 3.05) is 0 Å². The average Bonchev–Trinajstić information content (AvgIpc) is 3.86. The van der Waals surface area contributed by atoms with Gasteiger partial charge in [0, 0.05) is 57.0 Å². The highest BCUT2D eigenvalue weighted by Crippen LogP contribution is 2.44. The first-order valence-corrected chi connectivity index (χ1v) is 20.3. The van der Waals surface area contributed by atoms with Crippen molar-refractivity contribution in [1.29, 1.82) is 0 Å². The van der Waals surface area contributed by atoms with Crippen molar-refractivity contribution in [3.63, 3.8) is 0 Å². The van der Waals surface area contributed by atoms with Gasteiger partial charge in [-0.05, 0) is 69.8 Å². The quantitative estimate of drug-likeness (QED) is 0.170. The molecule has 5 heteroatoms. The van der Waals surface area contributed by atoms with E-state index in [4.69, 9.17) is 15.0 Å². The van der Waals surface area contributed by atoms with E-state index in [1.54, 1.807) is 0 Å². The maximum absolute atomic E-state index is 5.28. The van der Waals surface area contributed by atoms with Crippen LogP contribution in [0.5, 0.6) is 0 Å². The highest BCUT2D eigenvalue weighted by molar-refractivity contribution is 7.26. The zero-order valence-electron chi connectivity index (χ0n) is 30.1. The summed E-state index contributed by atoms with van der Waals surface area (Å²) >= 11 is 3.70. The summed E-state index contributed by atoms with van der Waals surface area (Å²) in [5.41, 5.74) is 9.73. The second kappa shape index (κ2) is 13.5. The van der Waals surface area contributed by atoms with E-state index in [0.717, 1.165) is 38.9 Å². The number of hydrogen-bond donors (Lipinski definition) is 0. The first-order valence-electron chi connectivity index (χ1n) is 18.7. The standard InChI is InChI=1S/C51H31N3S2/c1-3-14-32(15-4-1)34-18-11-19-35(28-34)50-52-49(33-16-5-2-6-17-33)53-51(54-50)38-30-36(39-22-12-24-43-41-20-7-9-26-45(41)55-47(39)43)29-37(31-38)40-23-13-25-44-42-21-8-10-27-46(42)56-48(40)44/h1-31H. The van der Waals surface area contributed by atoms with E-state index in [9.17, 15) is 0 Å². The van der Waals surface area contributed by atoms with Gasteiger partial charge in [0.05, 0.1) is 0 Å². The minimum absolute atomic E-state index is 0.633. The molecule has 0 aliphatic rings. The van der Waals surface area contributed by atoms with E-state index in [1.165, 1.54) is 51.5 Å². The van der Waals surface area contributed by atoms with Crippen molar-refractivity contribution in [2.45, 2.75) is 0 Å². The summed E-state index contributed by atoms with van der Waals surface area (Å²) in [5.74, 6) is 1.91. The lowest BCUT2D eigenvalue weighted by Gasteiger charge is -2.14. The molecule has 0 N–H and O–H groups in total. The zero-order valence-corrected chi connectivity index (χ0v) is 31.7. The van der Waals surface area contributed by atoms with Gasteiger partial charge in [0.1, 0.15) is 0 Å². The molecule has 0 bridgehead atoms. The third kappa shape index (κ3) is 5.68. The lowest BCUT2D eigenvalue weighted by atomic mass is 9.94. The highest BCUT2D eigenvalue weighted by atomic mass is 32.1. The van der Waals surface area contributed by atoms with Crippen LogP contribution in [0, 0.1) is 0 Å². The molecule has 56 heavy (non-hydrogen) atoms. The lowest BCUT2D eigenvalue weighted by molar-refractivity contribution is 1.07. The van der Waals surface area contributed by atoms with Crippen molar-refractivity contribution in [3.05, 3.63) is 188 Å². The Labute approximate surface area is 331 Å². The minimum Gasteiger partial charge on any atom is -0.208 e. The van der Waals surface area contributed by atoms with E-state index >= 15 is 0 Å². The van der Waals surface area contributed by atoms with Crippen LogP contribution in [0.4, 0.5) is 0 Å². The first kappa shape index (κ1) is 32.6. The molecule has 0 aliphatic carbocycles. The number of fused-ring (bicyclic) bond motifs is 6. The SMILES string of the molecule is c1ccc(-c2cccc(-c3nc(-c4ccccc4)nc(-c4cc(-c5cccc6c5sc5ccccc56)cc(-c5cccc6c5sc5ccccc56)c4)n3)c2)cc1. The molecule has 262 valence electrons. The molecule has 0 spiro atoms. The summed E-state index contributed by atoms with van der Waals surface area (Å²) in [6.07, 6.45) is 0. The smallest absolute Gasteiger partial charge is 0.164 e. The molecule has 11 rings (SSSR count). The van der Waals surface area contributed by atoms with Gasteiger partial charge in [-0.15, -0.1) is 22.7 Å². The zero-order chi connectivity index (χ0) is 37.0. The Bertz CT molecular complexity index is 3120. The molecular formula is C51H31N3S2. The Hall–Kier alpha value is -6.79. The molecule has 0 fully saturated rings. The monoisotopic (exact) mass is 749 g/mol. The van der Waals surface area contributed by atoms with Crippen LogP contribution in [0.2, 0.25) is 0 Å². The number of rotatable bonds is 6. The number of thiophene rings is 2. The molecule has 0 unspecified atom stereocenters. The van der Waals surface area contributed by atoms with Gasteiger partial charge in [-0.1, -0.05) is 152 Å². The Kier molecular flexibility index (Phi) is 7.87. The molecule has 0 radical (unpaired) electrons. The molecule has 3 nitrogen and oxygen atoms in total. The van der Waals surface area contributed by atoms with Crippen molar-refractivity contribution in [1.82, 2.24) is 15.0 Å². The molecule has 11 aromatic rings. The maximum Gasteiger partial charge on any atom is 0.164 e. The van der Waals surface area contributed by atoms with Crippen LogP contribution in [0.15, 0.2) is 188 Å². The van der Waals surface area contributed by atoms with Crippen LogP contribution < -0.4 is 0 Å². The van der Waals surface area contributed by atoms with E-state index in [-0.39, 0.29) is 0 Å². The van der Waals surface area contributed by atoms with Gasteiger partial charge in [0.15, 0.2) is 17.5 Å². The van der Waals surface area contributed by atoms with Crippen LogP contribution in [0.3, 0.4) is 0 Å². The maximum atomic E-state index is 5.28. The van der Waals surface area contributed by atoms with Crippen LogP contribution in [-0.2, 0) is 0 Å². The highest BCUT2D eigenvalue weighted by Gasteiger charge is 2.19. The summed E-state index contributed by atoms with van der Waals surface area (Å²) in [5, 5.41) is 5.11. The Balaban J connectivity index is 1.17. The Morgan fingerprint density at radius 1 is 0.268 bits per heavy atom. The fraction of sp³-hybridized carbons (Fsp3) is 0. The van der Waals surface area contributed by atoms with Crippen molar-refractivity contribution < 1.29 is 0 Å². The second-order valence-corrected chi connectivity index (χ2v) is 16.1. The molecule has 0 amide bonds. The van der Waals surface area contributed by atoms with Gasteiger partial charge in [-0.3, -0.25) is 0 Å². The fourth-order valence-corrected chi connectivity index (χ4v) is 10.3. The minimum atomic E-state index is 0.633. The van der Waals surface area contributed by atoms with E-state index in [1.807, 2.05) is 46.9 Å². The molecule has 0 saturated carbocycles. The molecule has 3 aromatic heterocycles. The first-order chi connectivity index (χ1) is 27.7. The third-order valence-electron chi connectivity index (χ3n) is 10.5. The fourth-order valence-electron chi connectivity index (χ4n) is 7.84. The largest absolute Gasteiger partial charge is 0.208 e. The van der Waals surface area contributed by atoms with Gasteiger partial charge >= 0.3 is 0 Å². The van der Waals surface area contributed by atoms with Crippen LogP contribution in [0.25, 0.3) is 108 Å². The van der Waals surface area contributed by atoms with E-state index in [2.05, 4.69) is 164 Å². The van der Waals surface area contributed by atoms with Crippen molar-refractivity contribution in [3.8, 4) is 67.5 Å². The Morgan fingerprint density at radius 3 is 1.25 bits per heavy atom. The van der Waals surface area contributed by atoms with Crippen LogP contribution in [-0.4, -0.2) is 15.0 Å². The molecule has 8 aromatic carbocycles. The average molecular weight is 750 g/mol. The molecule has 0 aliphatic heterocycles. The topological polar surface area (TPSA) is 38.7 Å². The van der Waals surface area contributed by atoms with Crippen LogP contribution in [0.1, 0.15) is 0 Å². The lowest BCUT2D eigenvalue weighted by Crippen LogP contribution is -2.00. The van der Waals surface area contributed by atoms with Gasteiger partial charge in [0.25, 0.3) is 0 Å². The van der Waals surface area contributed by atoms with Crippen molar-refractivity contribution >= 4 is 63.0 Å². The van der Waals surface area contributed by atoms with Crippen molar-refractivity contribution in [2.24, 2.45) is 0 Å². The van der Waals surface area contributed by atoms with Gasteiger partial charge < -0.3 is 0 Å². The third-order valence-corrected chi connectivity index (χ3v) is 13.0. The molecule has 0 atom stereocenters. The summed E-state index contributed by atoms with van der Waals surface area (Å²) in [6, 6.07) is 66.8. The summed E-state index contributed by atoms with van der Waals surface area (Å²) in [7, 11) is 0. The van der Waals surface area contributed by atoms with E-state index < -0.39 is 0 Å². The molecule has 0 saturated heterocycles.